The first-order chi connectivity index (χ1) is 13.0. The minimum Gasteiger partial charge on any atom is -0.489 e. The molecule has 0 spiro atoms. The van der Waals surface area contributed by atoms with Gasteiger partial charge in [-0.1, -0.05) is 30.4 Å². The summed E-state index contributed by atoms with van der Waals surface area (Å²) in [5, 5.41) is 0. The molecule has 1 heterocycles. The number of halogens is 2. The predicted molar refractivity (Wildman–Crippen MR) is 104 cm³/mol. The molecule has 2 aromatic rings. The molecule has 3 nitrogen and oxygen atoms in total. The fraction of sp³-hybridized carbons (Fsp3) is 0.318. The second-order valence-electron chi connectivity index (χ2n) is 7.44. The molecule has 1 saturated carbocycles. The van der Waals surface area contributed by atoms with Crippen molar-refractivity contribution in [1.82, 2.24) is 0 Å². The maximum Gasteiger partial charge on any atom is 0.313 e. The van der Waals surface area contributed by atoms with Gasteiger partial charge in [0.15, 0.2) is 0 Å². The van der Waals surface area contributed by atoms with Gasteiger partial charge in [-0.3, -0.25) is 4.79 Å². The predicted octanol–water partition coefficient (Wildman–Crippen LogP) is 5.22. The lowest BCUT2D eigenvalue weighted by Crippen LogP contribution is -2.31. The Bertz CT molecular complexity index is 893. The van der Waals surface area contributed by atoms with Crippen LogP contribution in [0.3, 0.4) is 0 Å². The number of ether oxygens (including phenoxy) is 2. The molecular formula is C22H20BrFO3. The van der Waals surface area contributed by atoms with Crippen LogP contribution in [0.1, 0.15) is 24.0 Å². The molecule has 0 aromatic heterocycles. The molecule has 2 aromatic carbocycles. The van der Waals surface area contributed by atoms with Crippen LogP contribution in [0.2, 0.25) is 0 Å². The summed E-state index contributed by atoms with van der Waals surface area (Å²) in [6.45, 7) is 4.88. The minimum atomic E-state index is -0.450. The maximum absolute atomic E-state index is 13.6. The summed E-state index contributed by atoms with van der Waals surface area (Å²) in [5.41, 5.74) is 2.53. The molecule has 140 valence electrons. The van der Waals surface area contributed by atoms with Gasteiger partial charge in [-0.25, -0.2) is 4.39 Å². The fourth-order valence-corrected chi connectivity index (χ4v) is 4.37. The Kier molecular flexibility index (Phi) is 4.81. The van der Waals surface area contributed by atoms with Gasteiger partial charge in [0.05, 0.1) is 16.5 Å². The van der Waals surface area contributed by atoms with Gasteiger partial charge in [0.25, 0.3) is 0 Å². The molecule has 2 atom stereocenters. The van der Waals surface area contributed by atoms with E-state index in [0.29, 0.717) is 36.3 Å². The number of hydrogen-bond donors (Lipinski definition) is 0. The normalized spacial score (nSPS) is 24.0. The van der Waals surface area contributed by atoms with Crippen LogP contribution in [0, 0.1) is 17.2 Å². The average molecular weight is 431 g/mol. The summed E-state index contributed by atoms with van der Waals surface area (Å²) in [5.74, 6) is 0.548. The molecule has 1 aliphatic heterocycles. The van der Waals surface area contributed by atoms with Crippen LogP contribution >= 0.6 is 15.9 Å². The highest BCUT2D eigenvalue weighted by Crippen LogP contribution is 2.52. The van der Waals surface area contributed by atoms with E-state index in [1.807, 2.05) is 30.3 Å². The van der Waals surface area contributed by atoms with Crippen molar-refractivity contribution in [1.29, 1.82) is 0 Å². The SMILES string of the molecule is C=C1CC2COC(=O)C2(Cc2ccc(OCc3ccc(Br)c(F)c3)cc2)C1. The lowest BCUT2D eigenvalue weighted by atomic mass is 9.75. The second kappa shape index (κ2) is 7.12. The largest absolute Gasteiger partial charge is 0.489 e. The lowest BCUT2D eigenvalue weighted by Gasteiger charge is -2.24. The zero-order valence-electron chi connectivity index (χ0n) is 14.8. The molecular weight excluding hydrogens is 411 g/mol. The Labute approximate surface area is 166 Å². The Hall–Kier alpha value is -2.14. The van der Waals surface area contributed by atoms with Crippen LogP contribution < -0.4 is 4.74 Å². The Balaban J connectivity index is 1.42. The molecule has 0 N–H and O–H groups in total. The number of esters is 1. The lowest BCUT2D eigenvalue weighted by molar-refractivity contribution is -0.146. The summed E-state index contributed by atoms with van der Waals surface area (Å²) in [6.07, 6.45) is 2.24. The molecule has 2 fully saturated rings. The minimum absolute atomic E-state index is 0.0938. The van der Waals surface area contributed by atoms with Crippen molar-refractivity contribution >= 4 is 21.9 Å². The third kappa shape index (κ3) is 3.53. The Morgan fingerprint density at radius 1 is 1.22 bits per heavy atom. The fourth-order valence-electron chi connectivity index (χ4n) is 4.13. The molecule has 0 bridgehead atoms. The Morgan fingerprint density at radius 3 is 2.70 bits per heavy atom. The van der Waals surface area contributed by atoms with E-state index in [1.165, 1.54) is 6.07 Å². The summed E-state index contributed by atoms with van der Waals surface area (Å²) in [7, 11) is 0. The summed E-state index contributed by atoms with van der Waals surface area (Å²) < 4.78 is 25.1. The van der Waals surface area contributed by atoms with E-state index in [1.54, 1.807) is 6.07 Å². The van der Waals surface area contributed by atoms with E-state index >= 15 is 0 Å². The quantitative estimate of drug-likeness (QED) is 0.481. The first-order valence-electron chi connectivity index (χ1n) is 8.96. The van der Waals surface area contributed by atoms with Gasteiger partial charge in [0, 0.05) is 5.92 Å². The molecule has 5 heteroatoms. The standard InChI is InChI=1S/C22H20BrFO3/c1-14-8-17-13-27-21(25)22(17,10-14)11-15-2-5-18(6-3-15)26-12-16-4-7-19(23)20(24)9-16/h2-7,9,17H,1,8,10-13H2. The second-order valence-corrected chi connectivity index (χ2v) is 8.29. The molecule has 2 unspecified atom stereocenters. The molecule has 0 radical (unpaired) electrons. The van der Waals surface area contributed by atoms with Crippen LogP contribution in [0.25, 0.3) is 0 Å². The first-order valence-corrected chi connectivity index (χ1v) is 9.75. The van der Waals surface area contributed by atoms with Gasteiger partial charge in [-0.15, -0.1) is 0 Å². The van der Waals surface area contributed by atoms with Crippen LogP contribution in [0.4, 0.5) is 4.39 Å². The van der Waals surface area contributed by atoms with Crippen LogP contribution in [0.5, 0.6) is 5.75 Å². The number of fused-ring (bicyclic) bond motifs is 1. The number of allylic oxidation sites excluding steroid dienone is 1. The number of carbonyl (C=O) groups excluding carboxylic acids is 1. The average Bonchev–Trinajstić information content (AvgIpc) is 3.12. The summed E-state index contributed by atoms with van der Waals surface area (Å²) >= 11 is 3.14. The zero-order valence-corrected chi connectivity index (χ0v) is 16.4. The van der Waals surface area contributed by atoms with Gasteiger partial charge in [-0.05, 0) is 70.6 Å². The van der Waals surface area contributed by atoms with E-state index in [0.717, 1.165) is 23.1 Å². The van der Waals surface area contributed by atoms with E-state index in [9.17, 15) is 9.18 Å². The highest BCUT2D eigenvalue weighted by atomic mass is 79.9. The van der Waals surface area contributed by atoms with Crippen molar-refractivity contribution in [3.63, 3.8) is 0 Å². The highest BCUT2D eigenvalue weighted by molar-refractivity contribution is 9.10. The van der Waals surface area contributed by atoms with Crippen molar-refractivity contribution < 1.29 is 18.7 Å². The summed E-state index contributed by atoms with van der Waals surface area (Å²) in [4.78, 5) is 12.4. The third-order valence-corrected chi connectivity index (χ3v) is 6.18. The summed E-state index contributed by atoms with van der Waals surface area (Å²) in [6, 6.07) is 12.7. The smallest absolute Gasteiger partial charge is 0.313 e. The topological polar surface area (TPSA) is 35.5 Å². The molecule has 1 aliphatic carbocycles. The number of carbonyl (C=O) groups is 1. The molecule has 4 rings (SSSR count). The number of hydrogen-bond acceptors (Lipinski definition) is 3. The van der Waals surface area contributed by atoms with Crippen LogP contribution in [-0.2, 0) is 22.6 Å². The first kappa shape index (κ1) is 18.2. The van der Waals surface area contributed by atoms with E-state index in [-0.39, 0.29) is 17.7 Å². The van der Waals surface area contributed by atoms with Gasteiger partial charge in [0.2, 0.25) is 0 Å². The van der Waals surface area contributed by atoms with Crippen molar-refractivity contribution in [3.05, 3.63) is 76.0 Å². The van der Waals surface area contributed by atoms with Gasteiger partial charge >= 0.3 is 5.97 Å². The van der Waals surface area contributed by atoms with Gasteiger partial charge < -0.3 is 9.47 Å². The maximum atomic E-state index is 13.6. The van der Waals surface area contributed by atoms with E-state index < -0.39 is 5.41 Å². The van der Waals surface area contributed by atoms with E-state index in [4.69, 9.17) is 9.47 Å². The van der Waals surface area contributed by atoms with E-state index in [2.05, 4.69) is 22.5 Å². The molecule has 0 amide bonds. The van der Waals surface area contributed by atoms with Crippen LogP contribution in [0.15, 0.2) is 59.1 Å². The van der Waals surface area contributed by atoms with Crippen molar-refractivity contribution in [2.24, 2.45) is 11.3 Å². The molecule has 27 heavy (non-hydrogen) atoms. The molecule has 2 aliphatic rings. The highest BCUT2D eigenvalue weighted by Gasteiger charge is 2.55. The van der Waals surface area contributed by atoms with Crippen LogP contribution in [-0.4, -0.2) is 12.6 Å². The molecule has 1 saturated heterocycles. The zero-order chi connectivity index (χ0) is 19.0. The van der Waals surface area contributed by atoms with Crippen molar-refractivity contribution in [2.45, 2.75) is 25.9 Å². The third-order valence-electron chi connectivity index (χ3n) is 5.54. The monoisotopic (exact) mass is 430 g/mol. The van der Waals surface area contributed by atoms with Gasteiger partial charge in [0.1, 0.15) is 18.2 Å². The number of rotatable bonds is 5. The Morgan fingerprint density at radius 2 is 1.96 bits per heavy atom. The van der Waals surface area contributed by atoms with Gasteiger partial charge in [-0.2, -0.15) is 0 Å². The number of benzene rings is 2. The van der Waals surface area contributed by atoms with Crippen molar-refractivity contribution in [2.75, 3.05) is 6.61 Å². The number of cyclic esters (lactones) is 1. The van der Waals surface area contributed by atoms with Crippen molar-refractivity contribution in [3.8, 4) is 5.75 Å².